The second-order valence-electron chi connectivity index (χ2n) is 4.28. The molecule has 7 nitrogen and oxygen atoms in total. The number of nitrogens with one attached hydrogen (secondary N) is 1. The zero-order valence-electron chi connectivity index (χ0n) is 12.9. The van der Waals surface area contributed by atoms with Gasteiger partial charge < -0.3 is 29.2 Å². The largest absolute Gasteiger partial charge is 0.378 e. The lowest BCUT2D eigenvalue weighted by molar-refractivity contribution is -0.134. The normalized spacial score (nSPS) is 10.8. The molecule has 0 heterocycles. The topological polar surface area (TPSA) is 69.3 Å². The summed E-state index contributed by atoms with van der Waals surface area (Å²) in [4.78, 5) is 12.7. The Morgan fingerprint density at radius 1 is 0.850 bits per heavy atom. The summed E-state index contributed by atoms with van der Waals surface area (Å²) < 4.78 is 21.1. The molecule has 1 N–H and O–H groups in total. The maximum absolute atomic E-state index is 11.2. The quantitative estimate of drug-likeness (QED) is 0.430. The van der Waals surface area contributed by atoms with Gasteiger partial charge in [0.15, 0.2) is 0 Å². The van der Waals surface area contributed by atoms with Gasteiger partial charge in [0.1, 0.15) is 6.61 Å². The molecule has 0 aromatic carbocycles. The number of hydrogen-bond donors (Lipinski definition) is 1. The molecule has 0 aromatic heterocycles. The first-order valence-corrected chi connectivity index (χ1v) is 6.84. The Labute approximate surface area is 121 Å². The van der Waals surface area contributed by atoms with Crippen LogP contribution in [0, 0.1) is 0 Å². The lowest BCUT2D eigenvalue weighted by Gasteiger charge is -2.10. The maximum atomic E-state index is 11.2. The number of amides is 1. The van der Waals surface area contributed by atoms with Crippen molar-refractivity contribution in [2.75, 3.05) is 80.5 Å². The van der Waals surface area contributed by atoms with E-state index in [0.717, 1.165) is 6.54 Å². The van der Waals surface area contributed by atoms with Crippen LogP contribution in [0.15, 0.2) is 0 Å². The molecular formula is C13H28N2O5. The standard InChI is InChI=1S/C13H28N2O5/c1-14-4-5-17-6-7-18-8-9-19-10-11-20-12-13(16)15(2)3/h14H,4-12H2,1-3H3. The summed E-state index contributed by atoms with van der Waals surface area (Å²) in [6, 6.07) is 0. The molecule has 0 spiro atoms. The number of carbonyl (C=O) groups excluding carboxylic acids is 1. The van der Waals surface area contributed by atoms with Crippen LogP contribution in [0.25, 0.3) is 0 Å². The fourth-order valence-corrected chi connectivity index (χ4v) is 1.12. The fraction of sp³-hybridized carbons (Fsp3) is 0.923. The van der Waals surface area contributed by atoms with Crippen LogP contribution in [0.2, 0.25) is 0 Å². The highest BCUT2D eigenvalue weighted by atomic mass is 16.6. The van der Waals surface area contributed by atoms with Crippen molar-refractivity contribution in [1.82, 2.24) is 10.2 Å². The van der Waals surface area contributed by atoms with E-state index >= 15 is 0 Å². The third kappa shape index (κ3) is 13.7. The van der Waals surface area contributed by atoms with E-state index in [1.165, 1.54) is 4.90 Å². The average Bonchev–Trinajstić information content (AvgIpc) is 2.43. The Bertz CT molecular complexity index is 227. The van der Waals surface area contributed by atoms with Crippen LogP contribution in [-0.2, 0) is 23.7 Å². The zero-order valence-corrected chi connectivity index (χ0v) is 12.9. The fourth-order valence-electron chi connectivity index (χ4n) is 1.12. The number of carbonyl (C=O) groups is 1. The molecule has 0 bridgehead atoms. The predicted molar refractivity (Wildman–Crippen MR) is 75.9 cm³/mol. The molecule has 0 saturated carbocycles. The van der Waals surface area contributed by atoms with Crippen molar-refractivity contribution in [2.24, 2.45) is 0 Å². The summed E-state index contributed by atoms with van der Waals surface area (Å²) in [7, 11) is 5.28. The van der Waals surface area contributed by atoms with Crippen molar-refractivity contribution in [3.8, 4) is 0 Å². The molecule has 7 heteroatoms. The summed E-state index contributed by atoms with van der Waals surface area (Å²) in [5, 5.41) is 2.99. The highest BCUT2D eigenvalue weighted by Gasteiger charge is 2.02. The molecule has 0 fully saturated rings. The zero-order chi connectivity index (χ0) is 15.1. The van der Waals surface area contributed by atoms with Gasteiger partial charge in [-0.1, -0.05) is 0 Å². The van der Waals surface area contributed by atoms with Crippen molar-refractivity contribution < 1.29 is 23.7 Å². The van der Waals surface area contributed by atoms with E-state index in [2.05, 4.69) is 5.32 Å². The number of hydrogen-bond acceptors (Lipinski definition) is 6. The van der Waals surface area contributed by atoms with Crippen LogP contribution in [0.3, 0.4) is 0 Å². The van der Waals surface area contributed by atoms with Gasteiger partial charge >= 0.3 is 0 Å². The Morgan fingerprint density at radius 3 is 1.75 bits per heavy atom. The molecule has 0 aliphatic heterocycles. The van der Waals surface area contributed by atoms with Crippen LogP contribution in [-0.4, -0.2) is 91.3 Å². The average molecular weight is 292 g/mol. The molecule has 0 radical (unpaired) electrons. The smallest absolute Gasteiger partial charge is 0.248 e. The van der Waals surface area contributed by atoms with Gasteiger partial charge in [0.2, 0.25) is 5.91 Å². The summed E-state index contributed by atoms with van der Waals surface area (Å²) >= 11 is 0. The van der Waals surface area contributed by atoms with Gasteiger partial charge in [0.05, 0.1) is 46.2 Å². The molecule has 0 rings (SSSR count). The summed E-state index contributed by atoms with van der Waals surface area (Å²) in [6.07, 6.45) is 0. The lowest BCUT2D eigenvalue weighted by atomic mass is 10.6. The molecule has 1 amide bonds. The van der Waals surface area contributed by atoms with E-state index < -0.39 is 0 Å². The van der Waals surface area contributed by atoms with E-state index in [-0.39, 0.29) is 12.5 Å². The monoisotopic (exact) mass is 292 g/mol. The molecule has 0 aliphatic rings. The van der Waals surface area contributed by atoms with Gasteiger partial charge in [-0.15, -0.1) is 0 Å². The van der Waals surface area contributed by atoms with Gasteiger partial charge in [-0.05, 0) is 7.05 Å². The predicted octanol–water partition coefficient (Wildman–Crippen LogP) is -0.640. The Balaban J connectivity index is 3.04. The first-order valence-electron chi connectivity index (χ1n) is 6.84. The van der Waals surface area contributed by atoms with Gasteiger partial charge in [-0.3, -0.25) is 4.79 Å². The van der Waals surface area contributed by atoms with Gasteiger partial charge in [-0.25, -0.2) is 0 Å². The Hall–Kier alpha value is -0.730. The second-order valence-corrected chi connectivity index (χ2v) is 4.28. The minimum absolute atomic E-state index is 0.0494. The molecule has 0 atom stereocenters. The highest BCUT2D eigenvalue weighted by Crippen LogP contribution is 1.84. The number of nitrogens with zero attached hydrogens (tertiary/aromatic N) is 1. The van der Waals surface area contributed by atoms with Gasteiger partial charge in [0, 0.05) is 20.6 Å². The number of rotatable bonds is 14. The second kappa shape index (κ2) is 14.7. The molecule has 0 aliphatic carbocycles. The van der Waals surface area contributed by atoms with Crippen molar-refractivity contribution in [3.63, 3.8) is 0 Å². The maximum Gasteiger partial charge on any atom is 0.248 e. The molecule has 20 heavy (non-hydrogen) atoms. The van der Waals surface area contributed by atoms with Crippen molar-refractivity contribution >= 4 is 5.91 Å². The molecular weight excluding hydrogens is 264 g/mol. The van der Waals surface area contributed by atoms with E-state index in [0.29, 0.717) is 46.2 Å². The summed E-state index contributed by atoms with van der Waals surface area (Å²) in [5.41, 5.74) is 0. The number of ether oxygens (including phenoxy) is 4. The number of likely N-dealkylation sites (N-methyl/N-ethyl adjacent to an activating group) is 2. The third-order valence-electron chi connectivity index (χ3n) is 2.34. The van der Waals surface area contributed by atoms with Crippen LogP contribution >= 0.6 is 0 Å². The Morgan fingerprint density at radius 2 is 1.30 bits per heavy atom. The highest BCUT2D eigenvalue weighted by molar-refractivity contribution is 5.76. The third-order valence-corrected chi connectivity index (χ3v) is 2.34. The SMILES string of the molecule is CNCCOCCOCCOCCOCC(=O)N(C)C. The van der Waals surface area contributed by atoms with Crippen molar-refractivity contribution in [2.45, 2.75) is 0 Å². The first kappa shape index (κ1) is 19.3. The summed E-state index contributed by atoms with van der Waals surface area (Å²) in [6.45, 7) is 4.72. The van der Waals surface area contributed by atoms with E-state index in [4.69, 9.17) is 18.9 Å². The van der Waals surface area contributed by atoms with E-state index in [9.17, 15) is 4.79 Å². The van der Waals surface area contributed by atoms with E-state index in [1.807, 2.05) is 7.05 Å². The van der Waals surface area contributed by atoms with Crippen molar-refractivity contribution in [1.29, 1.82) is 0 Å². The minimum Gasteiger partial charge on any atom is -0.378 e. The van der Waals surface area contributed by atoms with E-state index in [1.54, 1.807) is 14.1 Å². The molecule has 120 valence electrons. The molecule has 0 aromatic rings. The molecule has 0 saturated heterocycles. The van der Waals surface area contributed by atoms with Crippen LogP contribution in [0.4, 0.5) is 0 Å². The lowest BCUT2D eigenvalue weighted by Crippen LogP contribution is -2.27. The van der Waals surface area contributed by atoms with Crippen LogP contribution in [0.5, 0.6) is 0 Å². The van der Waals surface area contributed by atoms with Crippen molar-refractivity contribution in [3.05, 3.63) is 0 Å². The minimum atomic E-state index is -0.0494. The molecule has 0 unspecified atom stereocenters. The van der Waals surface area contributed by atoms with Crippen LogP contribution < -0.4 is 5.32 Å². The van der Waals surface area contributed by atoms with Gasteiger partial charge in [-0.2, -0.15) is 0 Å². The summed E-state index contributed by atoms with van der Waals surface area (Å²) in [5.74, 6) is -0.0494. The first-order chi connectivity index (χ1) is 9.68. The Kier molecular flexibility index (Phi) is 14.1. The van der Waals surface area contributed by atoms with Crippen LogP contribution in [0.1, 0.15) is 0 Å². The van der Waals surface area contributed by atoms with Gasteiger partial charge in [0.25, 0.3) is 0 Å².